The lowest BCUT2D eigenvalue weighted by Crippen LogP contribution is -2.54. The van der Waals surface area contributed by atoms with Crippen LogP contribution in [0.2, 0.25) is 10.0 Å². The van der Waals surface area contributed by atoms with Gasteiger partial charge in [0.15, 0.2) is 0 Å². The number of esters is 1. The van der Waals surface area contributed by atoms with Crippen molar-refractivity contribution in [2.45, 2.75) is 36.1 Å². The van der Waals surface area contributed by atoms with Crippen LogP contribution in [0.25, 0.3) is 0 Å². The molecule has 0 spiro atoms. The molecule has 1 saturated carbocycles. The highest BCUT2D eigenvalue weighted by molar-refractivity contribution is 7.89. The van der Waals surface area contributed by atoms with Gasteiger partial charge in [-0.05, 0) is 55.5 Å². The Bertz CT molecular complexity index is 1040. The second-order valence-electron chi connectivity index (χ2n) is 7.01. The van der Waals surface area contributed by atoms with Crippen molar-refractivity contribution < 1.29 is 22.7 Å². The van der Waals surface area contributed by atoms with Crippen molar-refractivity contribution in [1.82, 2.24) is 4.72 Å². The van der Waals surface area contributed by atoms with Crippen LogP contribution in [0.5, 0.6) is 5.75 Å². The van der Waals surface area contributed by atoms with E-state index < -0.39 is 21.5 Å². The average Bonchev–Trinajstić information content (AvgIpc) is 2.66. The monoisotopic (exact) mass is 457 g/mol. The minimum absolute atomic E-state index is 0.00970. The van der Waals surface area contributed by atoms with Crippen LogP contribution in [-0.2, 0) is 21.2 Å². The summed E-state index contributed by atoms with van der Waals surface area (Å²) >= 11 is 12.2. The van der Waals surface area contributed by atoms with E-state index in [1.807, 2.05) is 6.07 Å². The molecule has 0 aliphatic heterocycles. The molecule has 0 aromatic heterocycles. The molecule has 2 aromatic rings. The quantitative estimate of drug-likeness (QED) is 0.628. The zero-order chi connectivity index (χ0) is 21.2. The largest absolute Gasteiger partial charge is 0.496 e. The van der Waals surface area contributed by atoms with Gasteiger partial charge < -0.3 is 9.47 Å². The van der Waals surface area contributed by atoms with Gasteiger partial charge in [-0.2, -0.15) is 0 Å². The molecule has 0 bridgehead atoms. The van der Waals surface area contributed by atoms with E-state index in [4.69, 9.17) is 32.7 Å². The number of benzene rings is 2. The Kier molecular flexibility index (Phi) is 6.43. The fraction of sp³-hybridized carbons (Fsp3) is 0.350. The maximum Gasteiger partial charge on any atom is 0.341 e. The first-order valence-corrected chi connectivity index (χ1v) is 11.2. The fourth-order valence-corrected chi connectivity index (χ4v) is 5.36. The highest BCUT2D eigenvalue weighted by atomic mass is 35.5. The van der Waals surface area contributed by atoms with Crippen LogP contribution in [0.1, 0.15) is 35.2 Å². The SMILES string of the molecule is COC(=O)c1ccc(S(=O)(=O)NC2(Cc3ccc(Cl)cc3Cl)CCC2)cc1OC. The number of sulfonamides is 1. The van der Waals surface area contributed by atoms with Gasteiger partial charge in [-0.25, -0.2) is 17.9 Å². The number of nitrogens with one attached hydrogen (secondary N) is 1. The van der Waals surface area contributed by atoms with Crippen molar-refractivity contribution >= 4 is 39.2 Å². The van der Waals surface area contributed by atoms with Crippen LogP contribution >= 0.6 is 23.2 Å². The standard InChI is InChI=1S/C20H21Cl2NO5S/c1-27-18-11-15(6-7-16(18)19(24)28-2)29(25,26)23-20(8-3-9-20)12-13-4-5-14(21)10-17(13)22/h4-7,10-11,23H,3,8-9,12H2,1-2H3. The lowest BCUT2D eigenvalue weighted by Gasteiger charge is -2.42. The molecule has 0 radical (unpaired) electrons. The van der Waals surface area contributed by atoms with Gasteiger partial charge in [0.1, 0.15) is 11.3 Å². The third-order valence-corrected chi connectivity index (χ3v) is 7.26. The molecule has 0 atom stereocenters. The van der Waals surface area contributed by atoms with Gasteiger partial charge in [-0.3, -0.25) is 0 Å². The molecular formula is C20H21Cl2NO5S. The Morgan fingerprint density at radius 2 is 1.86 bits per heavy atom. The first kappa shape index (κ1) is 21.9. The number of ether oxygens (including phenoxy) is 2. The minimum atomic E-state index is -3.85. The molecule has 1 N–H and O–H groups in total. The summed E-state index contributed by atoms with van der Waals surface area (Å²) in [5, 5.41) is 1.03. The zero-order valence-electron chi connectivity index (χ0n) is 16.0. The Morgan fingerprint density at radius 3 is 2.41 bits per heavy atom. The fourth-order valence-electron chi connectivity index (χ4n) is 3.41. The Labute approximate surface area is 180 Å². The van der Waals surface area contributed by atoms with Crippen LogP contribution in [0.15, 0.2) is 41.3 Å². The lowest BCUT2D eigenvalue weighted by molar-refractivity contribution is 0.0597. The van der Waals surface area contributed by atoms with E-state index in [1.54, 1.807) is 12.1 Å². The van der Waals surface area contributed by atoms with E-state index in [0.29, 0.717) is 29.3 Å². The van der Waals surface area contributed by atoms with Gasteiger partial charge in [0, 0.05) is 21.7 Å². The normalized spacial score (nSPS) is 15.4. The molecule has 6 nitrogen and oxygen atoms in total. The Balaban J connectivity index is 1.88. The number of hydrogen-bond donors (Lipinski definition) is 1. The summed E-state index contributed by atoms with van der Waals surface area (Å²) in [6, 6.07) is 9.25. The number of rotatable bonds is 7. The van der Waals surface area contributed by atoms with Gasteiger partial charge in [-0.1, -0.05) is 29.3 Å². The molecule has 0 amide bonds. The summed E-state index contributed by atoms with van der Waals surface area (Å²) in [5.74, 6) is -0.477. The van der Waals surface area contributed by atoms with E-state index in [1.165, 1.54) is 32.4 Å². The Morgan fingerprint density at radius 1 is 1.14 bits per heavy atom. The van der Waals surface area contributed by atoms with Crippen molar-refractivity contribution in [3.8, 4) is 5.75 Å². The molecule has 29 heavy (non-hydrogen) atoms. The molecule has 1 aliphatic rings. The summed E-state index contributed by atoms with van der Waals surface area (Å²) < 4.78 is 38.8. The van der Waals surface area contributed by atoms with Crippen LogP contribution in [0.4, 0.5) is 0 Å². The molecule has 2 aromatic carbocycles. The molecule has 3 rings (SSSR count). The summed E-state index contributed by atoms with van der Waals surface area (Å²) in [5.41, 5.74) is 0.363. The molecule has 9 heteroatoms. The van der Waals surface area contributed by atoms with Gasteiger partial charge in [0.25, 0.3) is 0 Å². The third kappa shape index (κ3) is 4.69. The van der Waals surface area contributed by atoms with E-state index in [2.05, 4.69) is 4.72 Å². The number of hydrogen-bond acceptors (Lipinski definition) is 5. The number of carbonyl (C=O) groups is 1. The zero-order valence-corrected chi connectivity index (χ0v) is 18.3. The predicted molar refractivity (Wildman–Crippen MR) is 111 cm³/mol. The lowest BCUT2D eigenvalue weighted by atomic mass is 9.74. The Hall–Kier alpha value is -1.80. The predicted octanol–water partition coefficient (Wildman–Crippen LogP) is 4.23. The summed E-state index contributed by atoms with van der Waals surface area (Å²) in [4.78, 5) is 11.8. The van der Waals surface area contributed by atoms with Crippen LogP contribution in [0, 0.1) is 0 Å². The van der Waals surface area contributed by atoms with Crippen LogP contribution in [-0.4, -0.2) is 34.1 Å². The topological polar surface area (TPSA) is 81.7 Å². The maximum absolute atomic E-state index is 13.1. The van der Waals surface area contributed by atoms with Crippen LogP contribution < -0.4 is 9.46 Å². The average molecular weight is 458 g/mol. The first-order chi connectivity index (χ1) is 13.7. The van der Waals surface area contributed by atoms with E-state index in [9.17, 15) is 13.2 Å². The van der Waals surface area contributed by atoms with Gasteiger partial charge in [0.05, 0.1) is 19.1 Å². The smallest absolute Gasteiger partial charge is 0.341 e. The molecular weight excluding hydrogens is 437 g/mol. The van der Waals surface area contributed by atoms with Crippen LogP contribution in [0.3, 0.4) is 0 Å². The van der Waals surface area contributed by atoms with Crippen molar-refractivity contribution in [3.05, 3.63) is 57.6 Å². The highest BCUT2D eigenvalue weighted by Crippen LogP contribution is 2.38. The van der Waals surface area contributed by atoms with E-state index in [-0.39, 0.29) is 16.2 Å². The highest BCUT2D eigenvalue weighted by Gasteiger charge is 2.41. The van der Waals surface area contributed by atoms with Crippen molar-refractivity contribution in [2.75, 3.05) is 14.2 Å². The third-order valence-electron chi connectivity index (χ3n) is 5.09. The van der Waals surface area contributed by atoms with Crippen molar-refractivity contribution in [1.29, 1.82) is 0 Å². The minimum Gasteiger partial charge on any atom is -0.496 e. The number of halogens is 2. The van der Waals surface area contributed by atoms with Gasteiger partial charge >= 0.3 is 5.97 Å². The maximum atomic E-state index is 13.1. The second-order valence-corrected chi connectivity index (χ2v) is 9.53. The van der Waals surface area contributed by atoms with Crippen molar-refractivity contribution in [2.24, 2.45) is 0 Å². The molecule has 1 fully saturated rings. The summed E-state index contributed by atoms with van der Waals surface area (Å²) in [6.45, 7) is 0. The molecule has 0 saturated heterocycles. The first-order valence-electron chi connectivity index (χ1n) is 8.94. The molecule has 0 heterocycles. The number of methoxy groups -OCH3 is 2. The molecule has 0 unspecified atom stereocenters. The van der Waals surface area contributed by atoms with Gasteiger partial charge in [-0.15, -0.1) is 0 Å². The molecule has 156 valence electrons. The summed E-state index contributed by atoms with van der Waals surface area (Å²) in [7, 11) is -1.24. The second kappa shape index (κ2) is 8.52. The number of carbonyl (C=O) groups excluding carboxylic acids is 1. The molecule has 1 aliphatic carbocycles. The summed E-state index contributed by atoms with van der Waals surface area (Å²) in [6.07, 6.45) is 2.77. The van der Waals surface area contributed by atoms with E-state index in [0.717, 1.165) is 12.0 Å². The van der Waals surface area contributed by atoms with Gasteiger partial charge in [0.2, 0.25) is 10.0 Å². The van der Waals surface area contributed by atoms with E-state index >= 15 is 0 Å². The van der Waals surface area contributed by atoms with Crippen molar-refractivity contribution in [3.63, 3.8) is 0 Å².